The standard InChI is InChI=1S/C23H25N3O4/c1-13(2)17(14-9-6-5-7-10-14)25-19-18(21(28)22(19)29)24-16-12-8-11-15(20(16)27)23(30)26(3)4/h5-13,17,24-25,27H,1-4H3/t17-/m1/s1. The third-order valence-corrected chi connectivity index (χ3v) is 4.97. The minimum Gasteiger partial charge on any atom is -0.505 e. The van der Waals surface area contributed by atoms with Crippen molar-refractivity contribution in [3.63, 3.8) is 0 Å². The lowest BCUT2D eigenvalue weighted by Gasteiger charge is -2.26. The molecular formula is C23H25N3O4. The Hall–Kier alpha value is -3.61. The molecule has 3 rings (SSSR count). The van der Waals surface area contributed by atoms with E-state index in [2.05, 4.69) is 10.6 Å². The fraction of sp³-hybridized carbons (Fsp3) is 0.261. The number of nitrogens with zero attached hydrogens (tertiary/aromatic N) is 1. The summed E-state index contributed by atoms with van der Waals surface area (Å²) in [5, 5.41) is 16.5. The highest BCUT2D eigenvalue weighted by Gasteiger charge is 2.27. The summed E-state index contributed by atoms with van der Waals surface area (Å²) in [7, 11) is 3.16. The number of phenols is 1. The summed E-state index contributed by atoms with van der Waals surface area (Å²) in [5.74, 6) is -0.499. The maximum Gasteiger partial charge on any atom is 0.257 e. The van der Waals surface area contributed by atoms with Crippen molar-refractivity contribution in [2.75, 3.05) is 24.7 Å². The first-order valence-electron chi connectivity index (χ1n) is 9.67. The van der Waals surface area contributed by atoms with Gasteiger partial charge in [0.1, 0.15) is 11.4 Å². The lowest BCUT2D eigenvalue weighted by atomic mass is 9.95. The molecular weight excluding hydrogens is 382 g/mol. The minimum absolute atomic E-state index is 0.0753. The highest BCUT2D eigenvalue weighted by molar-refractivity contribution is 5.99. The summed E-state index contributed by atoms with van der Waals surface area (Å²) in [5.41, 5.74) is 0.239. The van der Waals surface area contributed by atoms with E-state index in [9.17, 15) is 19.5 Å². The Bertz CT molecular complexity index is 1130. The van der Waals surface area contributed by atoms with Crippen molar-refractivity contribution in [2.45, 2.75) is 19.9 Å². The quantitative estimate of drug-likeness (QED) is 0.411. The van der Waals surface area contributed by atoms with E-state index in [-0.39, 0.29) is 46.2 Å². The molecule has 0 bridgehead atoms. The SMILES string of the molecule is CC(C)[C@@H](Nc1c(Nc2cccc(C(=O)N(C)C)c2O)c(=O)c1=O)c1ccccc1. The minimum atomic E-state index is -0.670. The van der Waals surface area contributed by atoms with E-state index in [1.54, 1.807) is 26.2 Å². The lowest BCUT2D eigenvalue weighted by Crippen LogP contribution is -2.38. The number of benzene rings is 2. The highest BCUT2D eigenvalue weighted by Crippen LogP contribution is 2.34. The van der Waals surface area contributed by atoms with Gasteiger partial charge < -0.3 is 20.6 Å². The summed E-state index contributed by atoms with van der Waals surface area (Å²) in [6.45, 7) is 4.04. The van der Waals surface area contributed by atoms with Crippen LogP contribution in [0, 0.1) is 5.92 Å². The number of amides is 1. The first-order valence-corrected chi connectivity index (χ1v) is 9.67. The molecule has 1 atom stereocenters. The zero-order valence-electron chi connectivity index (χ0n) is 17.4. The second-order valence-corrected chi connectivity index (χ2v) is 7.71. The van der Waals surface area contributed by atoms with Crippen LogP contribution in [0.1, 0.15) is 35.8 Å². The van der Waals surface area contributed by atoms with Crippen LogP contribution in [0.5, 0.6) is 5.75 Å². The maximum atomic E-state index is 12.3. The monoisotopic (exact) mass is 407 g/mol. The summed E-state index contributed by atoms with van der Waals surface area (Å²) in [6.07, 6.45) is 0. The van der Waals surface area contributed by atoms with Crippen LogP contribution in [-0.2, 0) is 0 Å². The van der Waals surface area contributed by atoms with Gasteiger partial charge in [0.2, 0.25) is 0 Å². The Morgan fingerprint density at radius 3 is 2.17 bits per heavy atom. The number of rotatable bonds is 7. The molecule has 30 heavy (non-hydrogen) atoms. The molecule has 3 aromatic carbocycles. The second kappa shape index (κ2) is 8.41. The van der Waals surface area contributed by atoms with Crippen LogP contribution < -0.4 is 21.5 Å². The molecule has 0 saturated carbocycles. The number of carbonyl (C=O) groups excluding carboxylic acids is 1. The van der Waals surface area contributed by atoms with Gasteiger partial charge in [-0.25, -0.2) is 0 Å². The molecule has 156 valence electrons. The van der Waals surface area contributed by atoms with Gasteiger partial charge in [0, 0.05) is 14.1 Å². The second-order valence-electron chi connectivity index (χ2n) is 7.71. The fourth-order valence-corrected chi connectivity index (χ4v) is 3.29. The molecule has 3 N–H and O–H groups in total. The third-order valence-electron chi connectivity index (χ3n) is 4.97. The molecule has 0 spiro atoms. The molecule has 1 amide bonds. The molecule has 7 heteroatoms. The Morgan fingerprint density at radius 1 is 0.933 bits per heavy atom. The van der Waals surface area contributed by atoms with Crippen LogP contribution in [0.3, 0.4) is 0 Å². The molecule has 0 aliphatic heterocycles. The molecule has 0 saturated heterocycles. The molecule has 0 radical (unpaired) electrons. The topological polar surface area (TPSA) is 98.7 Å². The molecule has 7 nitrogen and oxygen atoms in total. The summed E-state index contributed by atoms with van der Waals surface area (Å²) < 4.78 is 0. The zero-order chi connectivity index (χ0) is 22.0. The molecule has 0 unspecified atom stereocenters. The van der Waals surface area contributed by atoms with Gasteiger partial charge in [-0.3, -0.25) is 14.4 Å². The summed E-state index contributed by atoms with van der Waals surface area (Å²) in [6, 6.07) is 14.1. The van der Waals surface area contributed by atoms with E-state index in [0.717, 1.165) is 5.56 Å². The van der Waals surface area contributed by atoms with Crippen molar-refractivity contribution in [3.05, 3.63) is 80.1 Å². The number of nitrogens with one attached hydrogen (secondary N) is 2. The van der Waals surface area contributed by atoms with Gasteiger partial charge >= 0.3 is 0 Å². The van der Waals surface area contributed by atoms with E-state index in [4.69, 9.17) is 0 Å². The predicted octanol–water partition coefficient (Wildman–Crippen LogP) is 3.24. The first-order chi connectivity index (χ1) is 14.2. The highest BCUT2D eigenvalue weighted by atomic mass is 16.3. The Kier molecular flexibility index (Phi) is 5.91. The normalized spacial score (nSPS) is 12.0. The van der Waals surface area contributed by atoms with Crippen LogP contribution in [0.4, 0.5) is 17.1 Å². The first kappa shape index (κ1) is 21.1. The lowest BCUT2D eigenvalue weighted by molar-refractivity contribution is 0.0824. The van der Waals surface area contributed by atoms with Crippen LogP contribution in [0.15, 0.2) is 58.1 Å². The fourth-order valence-electron chi connectivity index (χ4n) is 3.29. The average Bonchev–Trinajstić information content (AvgIpc) is 2.73. The number of phenolic OH excluding ortho intramolecular Hbond substituents is 1. The van der Waals surface area contributed by atoms with E-state index < -0.39 is 10.9 Å². The van der Waals surface area contributed by atoms with Gasteiger partial charge in [-0.15, -0.1) is 0 Å². The number of aromatic hydroxyl groups is 1. The van der Waals surface area contributed by atoms with E-state index >= 15 is 0 Å². The van der Waals surface area contributed by atoms with Gasteiger partial charge in [0.25, 0.3) is 16.8 Å². The van der Waals surface area contributed by atoms with E-state index in [0.29, 0.717) is 0 Å². The van der Waals surface area contributed by atoms with Crippen molar-refractivity contribution in [1.29, 1.82) is 0 Å². The van der Waals surface area contributed by atoms with Crippen molar-refractivity contribution in [2.24, 2.45) is 5.92 Å². The van der Waals surface area contributed by atoms with Gasteiger partial charge in [-0.05, 0) is 23.6 Å². The van der Waals surface area contributed by atoms with Gasteiger partial charge in [0.15, 0.2) is 5.75 Å². The summed E-state index contributed by atoms with van der Waals surface area (Å²) >= 11 is 0. The average molecular weight is 407 g/mol. The maximum absolute atomic E-state index is 12.3. The van der Waals surface area contributed by atoms with Crippen LogP contribution in [0.2, 0.25) is 0 Å². The van der Waals surface area contributed by atoms with Crippen LogP contribution >= 0.6 is 0 Å². The molecule has 0 fully saturated rings. The molecule has 0 aliphatic rings. The number of carbonyl (C=O) groups is 1. The largest absolute Gasteiger partial charge is 0.505 e. The van der Waals surface area contributed by atoms with Crippen molar-refractivity contribution in [1.82, 2.24) is 4.90 Å². The molecule has 3 aromatic rings. The van der Waals surface area contributed by atoms with Crippen molar-refractivity contribution >= 4 is 23.0 Å². The van der Waals surface area contributed by atoms with Gasteiger partial charge in [0.05, 0.1) is 17.3 Å². The van der Waals surface area contributed by atoms with E-state index in [1.807, 2.05) is 44.2 Å². The Morgan fingerprint density at radius 2 is 1.57 bits per heavy atom. The van der Waals surface area contributed by atoms with E-state index in [1.165, 1.54) is 11.0 Å². The Labute approximate surface area is 174 Å². The predicted molar refractivity (Wildman–Crippen MR) is 118 cm³/mol. The van der Waals surface area contributed by atoms with Gasteiger partial charge in [-0.2, -0.15) is 0 Å². The van der Waals surface area contributed by atoms with Crippen LogP contribution in [0.25, 0.3) is 0 Å². The number of hydrogen-bond acceptors (Lipinski definition) is 6. The molecule has 0 aromatic heterocycles. The third kappa shape index (κ3) is 3.91. The van der Waals surface area contributed by atoms with Crippen LogP contribution in [-0.4, -0.2) is 30.0 Å². The molecule has 0 aliphatic carbocycles. The summed E-state index contributed by atoms with van der Waals surface area (Å²) in [4.78, 5) is 38.1. The van der Waals surface area contributed by atoms with Crippen molar-refractivity contribution in [3.8, 4) is 5.75 Å². The smallest absolute Gasteiger partial charge is 0.257 e. The number of para-hydroxylation sites is 1. The van der Waals surface area contributed by atoms with Gasteiger partial charge in [-0.1, -0.05) is 50.2 Å². The Balaban J connectivity index is 1.93. The zero-order valence-corrected chi connectivity index (χ0v) is 17.4. The number of anilines is 3. The number of hydrogen-bond donors (Lipinski definition) is 3. The molecule has 0 heterocycles. The van der Waals surface area contributed by atoms with Crippen molar-refractivity contribution < 1.29 is 9.90 Å².